The molecule has 3 aliphatic heterocycles. The minimum Gasteiger partial charge on any atom is -0.333 e. The number of para-hydroxylation sites is 1. The molecule has 6 heteroatoms. The molecule has 3 aliphatic rings. The minimum absolute atomic E-state index is 0.0347. The standard InChI is InChI=1S/C23H23N3O3/c27-19-11-6-13-25(19)15-20(28)26-14-12-23(21(26)16-7-2-1-3-8-16)17-9-4-5-10-18(17)24-22(23)29/h1-5,7-10,21H,6,11-15H2,(H,24,29)/t21-,23+/m0/s1. The second kappa shape index (κ2) is 6.72. The Balaban J connectivity index is 1.56. The molecule has 2 fully saturated rings. The van der Waals surface area contributed by atoms with Gasteiger partial charge in [0.25, 0.3) is 0 Å². The van der Waals surface area contributed by atoms with Gasteiger partial charge in [0.2, 0.25) is 17.7 Å². The Kier molecular flexibility index (Phi) is 4.15. The zero-order valence-corrected chi connectivity index (χ0v) is 16.1. The Bertz CT molecular complexity index is 990. The lowest BCUT2D eigenvalue weighted by Gasteiger charge is -2.35. The van der Waals surface area contributed by atoms with E-state index >= 15 is 0 Å². The topological polar surface area (TPSA) is 69.7 Å². The van der Waals surface area contributed by atoms with Crippen molar-refractivity contribution < 1.29 is 14.4 Å². The molecule has 1 N–H and O–H groups in total. The molecule has 0 radical (unpaired) electrons. The molecule has 0 unspecified atom stereocenters. The van der Waals surface area contributed by atoms with Gasteiger partial charge in [0.1, 0.15) is 5.41 Å². The van der Waals surface area contributed by atoms with Crippen molar-refractivity contribution in [3.63, 3.8) is 0 Å². The number of fused-ring (bicyclic) bond motifs is 2. The van der Waals surface area contributed by atoms with Gasteiger partial charge in [0.15, 0.2) is 0 Å². The molecule has 2 aromatic carbocycles. The van der Waals surface area contributed by atoms with Crippen LogP contribution >= 0.6 is 0 Å². The Morgan fingerprint density at radius 2 is 1.79 bits per heavy atom. The second-order valence-corrected chi connectivity index (χ2v) is 8.04. The van der Waals surface area contributed by atoms with Crippen LogP contribution in [-0.4, -0.2) is 47.2 Å². The maximum Gasteiger partial charge on any atom is 0.242 e. The smallest absolute Gasteiger partial charge is 0.242 e. The van der Waals surface area contributed by atoms with E-state index in [1.165, 1.54) is 0 Å². The molecule has 148 valence electrons. The van der Waals surface area contributed by atoms with Gasteiger partial charge >= 0.3 is 0 Å². The van der Waals surface area contributed by atoms with E-state index in [1.807, 2.05) is 59.5 Å². The van der Waals surface area contributed by atoms with E-state index in [0.29, 0.717) is 25.9 Å². The van der Waals surface area contributed by atoms with E-state index < -0.39 is 11.5 Å². The summed E-state index contributed by atoms with van der Waals surface area (Å²) in [4.78, 5) is 42.1. The third-order valence-corrected chi connectivity index (χ3v) is 6.52. The summed E-state index contributed by atoms with van der Waals surface area (Å²) in [6.45, 7) is 1.20. The molecule has 1 spiro atoms. The summed E-state index contributed by atoms with van der Waals surface area (Å²) >= 11 is 0. The zero-order chi connectivity index (χ0) is 20.0. The predicted molar refractivity (Wildman–Crippen MR) is 108 cm³/mol. The van der Waals surface area contributed by atoms with Crippen molar-refractivity contribution >= 4 is 23.4 Å². The Hall–Kier alpha value is -3.15. The number of carbonyl (C=O) groups excluding carboxylic acids is 3. The summed E-state index contributed by atoms with van der Waals surface area (Å²) in [5.41, 5.74) is 1.91. The summed E-state index contributed by atoms with van der Waals surface area (Å²) < 4.78 is 0. The first-order valence-electron chi connectivity index (χ1n) is 10.1. The first-order chi connectivity index (χ1) is 14.1. The molecule has 5 rings (SSSR count). The van der Waals surface area contributed by atoms with Gasteiger partial charge < -0.3 is 15.1 Å². The Morgan fingerprint density at radius 1 is 1.03 bits per heavy atom. The van der Waals surface area contributed by atoms with Crippen molar-refractivity contribution in [2.24, 2.45) is 0 Å². The first kappa shape index (κ1) is 17.9. The lowest BCUT2D eigenvalue weighted by atomic mass is 9.72. The van der Waals surface area contributed by atoms with Gasteiger partial charge in [-0.1, -0.05) is 48.5 Å². The molecule has 2 atom stereocenters. The van der Waals surface area contributed by atoms with Crippen LogP contribution in [-0.2, 0) is 19.8 Å². The molecule has 3 amide bonds. The minimum atomic E-state index is -0.803. The average Bonchev–Trinajstić information content (AvgIpc) is 3.41. The van der Waals surface area contributed by atoms with Crippen LogP contribution in [0.2, 0.25) is 0 Å². The van der Waals surface area contributed by atoms with Crippen LogP contribution in [0.15, 0.2) is 54.6 Å². The maximum absolute atomic E-state index is 13.3. The summed E-state index contributed by atoms with van der Waals surface area (Å²) in [6, 6.07) is 17.1. The third-order valence-electron chi connectivity index (χ3n) is 6.52. The zero-order valence-electron chi connectivity index (χ0n) is 16.1. The van der Waals surface area contributed by atoms with Gasteiger partial charge in [-0.2, -0.15) is 0 Å². The van der Waals surface area contributed by atoms with E-state index in [0.717, 1.165) is 23.2 Å². The van der Waals surface area contributed by atoms with Gasteiger partial charge in [-0.05, 0) is 30.0 Å². The number of rotatable bonds is 3. The molecule has 0 aliphatic carbocycles. The lowest BCUT2D eigenvalue weighted by Crippen LogP contribution is -2.45. The summed E-state index contributed by atoms with van der Waals surface area (Å²) in [6.07, 6.45) is 1.87. The van der Waals surface area contributed by atoms with E-state index in [-0.39, 0.29) is 24.3 Å². The van der Waals surface area contributed by atoms with Crippen molar-refractivity contribution in [3.05, 3.63) is 65.7 Å². The summed E-state index contributed by atoms with van der Waals surface area (Å²) in [7, 11) is 0. The highest BCUT2D eigenvalue weighted by Crippen LogP contribution is 2.54. The number of anilines is 1. The summed E-state index contributed by atoms with van der Waals surface area (Å²) in [5.74, 6) is -0.115. The molecule has 29 heavy (non-hydrogen) atoms. The van der Waals surface area contributed by atoms with Crippen LogP contribution in [0.1, 0.15) is 36.4 Å². The van der Waals surface area contributed by atoms with Crippen molar-refractivity contribution in [1.29, 1.82) is 0 Å². The highest BCUT2D eigenvalue weighted by Gasteiger charge is 2.59. The van der Waals surface area contributed by atoms with E-state index in [4.69, 9.17) is 0 Å². The van der Waals surface area contributed by atoms with E-state index in [2.05, 4.69) is 5.32 Å². The van der Waals surface area contributed by atoms with Gasteiger partial charge in [-0.15, -0.1) is 0 Å². The largest absolute Gasteiger partial charge is 0.333 e. The number of hydrogen-bond donors (Lipinski definition) is 1. The van der Waals surface area contributed by atoms with Crippen molar-refractivity contribution in [2.75, 3.05) is 25.0 Å². The fraction of sp³-hybridized carbons (Fsp3) is 0.348. The van der Waals surface area contributed by atoms with Gasteiger partial charge in [-0.25, -0.2) is 0 Å². The molecule has 6 nitrogen and oxygen atoms in total. The quantitative estimate of drug-likeness (QED) is 0.877. The predicted octanol–water partition coefficient (Wildman–Crippen LogP) is 2.47. The lowest BCUT2D eigenvalue weighted by molar-refractivity contribution is -0.139. The van der Waals surface area contributed by atoms with Gasteiger partial charge in [0, 0.05) is 25.2 Å². The molecular formula is C23H23N3O3. The number of benzene rings is 2. The van der Waals surface area contributed by atoms with Gasteiger partial charge in [-0.3, -0.25) is 14.4 Å². The van der Waals surface area contributed by atoms with Crippen LogP contribution < -0.4 is 5.32 Å². The van der Waals surface area contributed by atoms with Crippen LogP contribution in [0.4, 0.5) is 5.69 Å². The van der Waals surface area contributed by atoms with E-state index in [1.54, 1.807) is 4.90 Å². The van der Waals surface area contributed by atoms with Crippen LogP contribution in [0.3, 0.4) is 0 Å². The molecule has 0 bridgehead atoms. The molecule has 0 aromatic heterocycles. The van der Waals surface area contributed by atoms with Crippen LogP contribution in [0.25, 0.3) is 0 Å². The Morgan fingerprint density at radius 3 is 2.55 bits per heavy atom. The number of likely N-dealkylation sites (tertiary alicyclic amines) is 2. The average molecular weight is 389 g/mol. The highest BCUT2D eigenvalue weighted by atomic mass is 16.2. The SMILES string of the molecule is O=C1CCCN1CC(=O)N1CC[C@]2(C(=O)Nc3ccccc32)[C@@H]1c1ccccc1. The fourth-order valence-electron chi connectivity index (χ4n) is 5.18. The number of carbonyl (C=O) groups is 3. The van der Waals surface area contributed by atoms with Crippen LogP contribution in [0, 0.1) is 0 Å². The molecule has 0 saturated carbocycles. The normalized spacial score (nSPS) is 25.6. The Labute approximate surface area is 169 Å². The van der Waals surface area contributed by atoms with Crippen molar-refractivity contribution in [2.45, 2.75) is 30.7 Å². The fourth-order valence-corrected chi connectivity index (χ4v) is 5.18. The molecule has 2 saturated heterocycles. The summed E-state index contributed by atoms with van der Waals surface area (Å²) in [5, 5.41) is 3.03. The monoisotopic (exact) mass is 389 g/mol. The van der Waals surface area contributed by atoms with Gasteiger partial charge in [0.05, 0.1) is 12.6 Å². The number of nitrogens with zero attached hydrogens (tertiary/aromatic N) is 2. The molecule has 3 heterocycles. The maximum atomic E-state index is 13.3. The number of hydrogen-bond acceptors (Lipinski definition) is 3. The molecule has 2 aromatic rings. The molecular weight excluding hydrogens is 366 g/mol. The van der Waals surface area contributed by atoms with Crippen LogP contribution in [0.5, 0.6) is 0 Å². The third kappa shape index (κ3) is 2.66. The van der Waals surface area contributed by atoms with Crippen molar-refractivity contribution in [1.82, 2.24) is 9.80 Å². The first-order valence-corrected chi connectivity index (χ1v) is 10.1. The van der Waals surface area contributed by atoms with Crippen molar-refractivity contribution in [3.8, 4) is 0 Å². The highest BCUT2D eigenvalue weighted by molar-refractivity contribution is 6.07. The second-order valence-electron chi connectivity index (χ2n) is 8.04. The number of amides is 3. The number of nitrogens with one attached hydrogen (secondary N) is 1. The van der Waals surface area contributed by atoms with E-state index in [9.17, 15) is 14.4 Å².